The van der Waals surface area contributed by atoms with Crippen LogP contribution in [0.25, 0.3) is 28.3 Å². The maximum atomic E-state index is 13.2. The van der Waals surface area contributed by atoms with Crippen LogP contribution in [0.3, 0.4) is 0 Å². The average Bonchev–Trinajstić information content (AvgIpc) is 3.42. The molecule has 0 saturated heterocycles. The first-order chi connectivity index (χ1) is 16.5. The van der Waals surface area contributed by atoms with Crippen molar-refractivity contribution in [3.05, 3.63) is 81.0 Å². The van der Waals surface area contributed by atoms with E-state index in [0.717, 1.165) is 28.7 Å². The molecule has 0 N–H and O–H groups in total. The highest BCUT2D eigenvalue weighted by molar-refractivity contribution is 5.79. The monoisotopic (exact) mass is 458 g/mol. The van der Waals surface area contributed by atoms with Gasteiger partial charge in [-0.05, 0) is 49.6 Å². The van der Waals surface area contributed by atoms with Gasteiger partial charge in [0.05, 0.1) is 6.61 Å². The highest BCUT2D eigenvalue weighted by Gasteiger charge is 2.23. The van der Waals surface area contributed by atoms with E-state index in [1.807, 2.05) is 54.0 Å². The molecular formula is C25H26N6O3. The SMILES string of the molecule is CCOc1ccc(-c2nnc3n(CCCc4ccccc4)c4c(=O)n(C)c(=O)n(C)c4n23)cc1. The predicted molar refractivity (Wildman–Crippen MR) is 130 cm³/mol. The van der Waals surface area contributed by atoms with Crippen molar-refractivity contribution in [2.24, 2.45) is 14.1 Å². The third kappa shape index (κ3) is 3.49. The van der Waals surface area contributed by atoms with E-state index >= 15 is 0 Å². The Kier molecular flexibility index (Phi) is 5.53. The largest absolute Gasteiger partial charge is 0.494 e. The highest BCUT2D eigenvalue weighted by Crippen LogP contribution is 2.26. The zero-order chi connectivity index (χ0) is 23.8. The Morgan fingerprint density at radius 2 is 1.65 bits per heavy atom. The van der Waals surface area contributed by atoms with E-state index in [0.29, 0.717) is 35.9 Å². The van der Waals surface area contributed by atoms with E-state index in [2.05, 4.69) is 22.3 Å². The van der Waals surface area contributed by atoms with Gasteiger partial charge in [-0.1, -0.05) is 30.3 Å². The molecule has 0 atom stereocenters. The Balaban J connectivity index is 1.68. The van der Waals surface area contributed by atoms with Crippen LogP contribution in [-0.2, 0) is 27.1 Å². The Labute approximate surface area is 195 Å². The number of benzene rings is 2. The summed E-state index contributed by atoms with van der Waals surface area (Å²) in [6, 6.07) is 17.8. The van der Waals surface area contributed by atoms with Gasteiger partial charge in [-0.25, -0.2) is 9.20 Å². The highest BCUT2D eigenvalue weighted by atomic mass is 16.5. The molecule has 0 saturated carbocycles. The summed E-state index contributed by atoms with van der Waals surface area (Å²) in [6.07, 6.45) is 1.67. The van der Waals surface area contributed by atoms with Crippen LogP contribution in [0.15, 0.2) is 64.2 Å². The van der Waals surface area contributed by atoms with Crippen LogP contribution in [0.4, 0.5) is 0 Å². The first kappa shape index (κ1) is 21.7. The molecule has 0 bridgehead atoms. The van der Waals surface area contributed by atoms with E-state index in [1.165, 1.54) is 17.2 Å². The van der Waals surface area contributed by atoms with Crippen LogP contribution in [0.2, 0.25) is 0 Å². The summed E-state index contributed by atoms with van der Waals surface area (Å²) < 4.78 is 11.9. The molecule has 0 spiro atoms. The van der Waals surface area contributed by atoms with Crippen molar-refractivity contribution in [2.45, 2.75) is 26.3 Å². The predicted octanol–water partition coefficient (Wildman–Crippen LogP) is 2.78. The molecule has 9 nitrogen and oxygen atoms in total. The van der Waals surface area contributed by atoms with Crippen molar-refractivity contribution >= 4 is 16.9 Å². The van der Waals surface area contributed by atoms with E-state index in [9.17, 15) is 9.59 Å². The average molecular weight is 459 g/mol. The first-order valence-corrected chi connectivity index (χ1v) is 11.3. The molecule has 5 aromatic rings. The molecule has 34 heavy (non-hydrogen) atoms. The van der Waals surface area contributed by atoms with Crippen LogP contribution in [-0.4, -0.2) is 34.9 Å². The molecule has 174 valence electrons. The second-order valence-electron chi connectivity index (χ2n) is 8.24. The minimum atomic E-state index is -0.396. The van der Waals surface area contributed by atoms with Gasteiger partial charge in [0.15, 0.2) is 17.0 Å². The molecule has 0 aliphatic rings. The number of ether oxygens (including phenoxy) is 1. The molecule has 3 heterocycles. The van der Waals surface area contributed by atoms with E-state index in [4.69, 9.17) is 4.74 Å². The van der Waals surface area contributed by atoms with Gasteiger partial charge >= 0.3 is 5.69 Å². The molecule has 0 aliphatic carbocycles. The lowest BCUT2D eigenvalue weighted by atomic mass is 10.1. The van der Waals surface area contributed by atoms with Crippen molar-refractivity contribution in [1.29, 1.82) is 0 Å². The Hall–Kier alpha value is -4.14. The third-order valence-corrected chi connectivity index (χ3v) is 6.09. The number of rotatable bonds is 7. The van der Waals surface area contributed by atoms with Gasteiger partial charge in [0.25, 0.3) is 5.56 Å². The number of hydrogen-bond acceptors (Lipinski definition) is 5. The molecule has 0 fully saturated rings. The standard InChI is InChI=1S/C25H26N6O3/c1-4-34-19-14-12-18(13-15-19)21-26-27-24-30(16-8-11-17-9-6-5-7-10-17)20-22(31(21)24)28(2)25(33)29(3)23(20)32/h5-7,9-10,12-15H,4,8,11,16H2,1-3H3. The van der Waals surface area contributed by atoms with Crippen molar-refractivity contribution in [3.8, 4) is 17.1 Å². The maximum Gasteiger partial charge on any atom is 0.332 e. The first-order valence-electron chi connectivity index (χ1n) is 11.3. The van der Waals surface area contributed by atoms with Crippen LogP contribution < -0.4 is 16.0 Å². The van der Waals surface area contributed by atoms with Gasteiger partial charge in [-0.15, -0.1) is 10.2 Å². The van der Waals surface area contributed by atoms with Gasteiger partial charge in [0.1, 0.15) is 5.75 Å². The second kappa shape index (κ2) is 8.66. The zero-order valence-corrected chi connectivity index (χ0v) is 19.4. The minimum Gasteiger partial charge on any atom is -0.494 e. The zero-order valence-electron chi connectivity index (χ0n) is 19.4. The fourth-order valence-electron chi connectivity index (χ4n) is 4.41. The normalized spacial score (nSPS) is 11.5. The summed E-state index contributed by atoms with van der Waals surface area (Å²) in [4.78, 5) is 26.0. The van der Waals surface area contributed by atoms with Gasteiger partial charge in [-0.2, -0.15) is 0 Å². The second-order valence-corrected chi connectivity index (χ2v) is 8.24. The summed E-state index contributed by atoms with van der Waals surface area (Å²) in [5, 5.41) is 8.87. The molecule has 0 radical (unpaired) electrons. The van der Waals surface area contributed by atoms with E-state index in [1.54, 1.807) is 11.4 Å². The molecule has 0 unspecified atom stereocenters. The van der Waals surface area contributed by atoms with E-state index in [-0.39, 0.29) is 5.56 Å². The lowest BCUT2D eigenvalue weighted by Crippen LogP contribution is -2.37. The fraction of sp³-hybridized carbons (Fsp3) is 0.280. The van der Waals surface area contributed by atoms with Crippen LogP contribution in [0, 0.1) is 0 Å². The summed E-state index contributed by atoms with van der Waals surface area (Å²) in [5.41, 5.74) is 2.22. The minimum absolute atomic E-state index is 0.346. The Bertz CT molecular complexity index is 1590. The number of aryl methyl sites for hydroxylation is 3. The van der Waals surface area contributed by atoms with Gasteiger partial charge in [0, 0.05) is 26.2 Å². The quantitative estimate of drug-likeness (QED) is 0.374. The Morgan fingerprint density at radius 1 is 0.912 bits per heavy atom. The molecule has 9 heteroatoms. The Morgan fingerprint density at radius 3 is 2.35 bits per heavy atom. The lowest BCUT2D eigenvalue weighted by molar-refractivity contribution is 0.340. The number of nitrogens with zero attached hydrogens (tertiary/aromatic N) is 6. The van der Waals surface area contributed by atoms with Crippen molar-refractivity contribution in [3.63, 3.8) is 0 Å². The number of imidazole rings is 1. The fourth-order valence-corrected chi connectivity index (χ4v) is 4.41. The molecule has 5 rings (SSSR count). The van der Waals surface area contributed by atoms with Crippen LogP contribution >= 0.6 is 0 Å². The third-order valence-electron chi connectivity index (χ3n) is 6.09. The maximum absolute atomic E-state index is 13.2. The number of aromatic nitrogens is 6. The lowest BCUT2D eigenvalue weighted by Gasteiger charge is -2.08. The van der Waals surface area contributed by atoms with Crippen molar-refractivity contribution < 1.29 is 4.74 Å². The molecular weight excluding hydrogens is 432 g/mol. The summed E-state index contributed by atoms with van der Waals surface area (Å²) in [5.74, 6) is 1.86. The van der Waals surface area contributed by atoms with Crippen LogP contribution in [0.1, 0.15) is 18.9 Å². The molecule has 0 aliphatic heterocycles. The van der Waals surface area contributed by atoms with Crippen LogP contribution in [0.5, 0.6) is 5.75 Å². The smallest absolute Gasteiger partial charge is 0.332 e. The topological polar surface area (TPSA) is 88.3 Å². The molecule has 0 amide bonds. The number of fused-ring (bicyclic) bond motifs is 3. The number of hydrogen-bond donors (Lipinski definition) is 0. The van der Waals surface area contributed by atoms with E-state index < -0.39 is 5.69 Å². The summed E-state index contributed by atoms with van der Waals surface area (Å²) in [6.45, 7) is 3.08. The van der Waals surface area contributed by atoms with Crippen molar-refractivity contribution in [1.82, 2.24) is 28.3 Å². The summed E-state index contributed by atoms with van der Waals surface area (Å²) >= 11 is 0. The molecule has 3 aromatic heterocycles. The van der Waals surface area contributed by atoms with Gasteiger partial charge in [-0.3, -0.25) is 13.9 Å². The van der Waals surface area contributed by atoms with Gasteiger partial charge < -0.3 is 9.30 Å². The van der Waals surface area contributed by atoms with Crippen molar-refractivity contribution in [2.75, 3.05) is 6.61 Å². The van der Waals surface area contributed by atoms with Gasteiger partial charge in [0.2, 0.25) is 5.78 Å². The summed E-state index contributed by atoms with van der Waals surface area (Å²) in [7, 11) is 3.17. The molecule has 2 aromatic carbocycles.